The molecule has 3 N–H and O–H groups in total. The van der Waals surface area contributed by atoms with E-state index >= 15 is 0 Å². The Morgan fingerprint density at radius 3 is 0.970 bits per heavy atom. The SMILES string of the molecule is CC.CC.CC.CC.CC.CC.CC.Cc1ccccn1.Cc1cccnc1.Cc1cn[nH]n1.Cc1cn[nH]n1.Cc1cn[nH]n1.Cc1ncoc1C.Cc1ncoc1C.Cc1ncsc1C.Cc1ncsc1C.Cc1nnn(C)n1.Cc1nnnn1C.Cn1ccnn1.Cn1nccn1. The van der Waals surface area contributed by atoms with Crippen molar-refractivity contribution in [2.75, 3.05) is 0 Å². The van der Waals surface area contributed by atoms with Crippen molar-refractivity contribution in [2.45, 2.75) is 201 Å². The van der Waals surface area contributed by atoms with Crippen LogP contribution < -0.4 is 0 Å². The minimum absolute atomic E-state index is 0.711. The summed E-state index contributed by atoms with van der Waals surface area (Å²) in [7, 11) is 7.14. The number of thiazole rings is 2. The zero-order valence-electron chi connectivity index (χ0n) is 66.2. The smallest absolute Gasteiger partial charge is 0.181 e. The van der Waals surface area contributed by atoms with E-state index in [0.29, 0.717) is 5.82 Å². The minimum Gasteiger partial charge on any atom is -0.449 e. The first kappa shape index (κ1) is 103. The van der Waals surface area contributed by atoms with Crippen molar-refractivity contribution in [1.82, 2.24) is 147 Å². The van der Waals surface area contributed by atoms with Crippen molar-refractivity contribution in [3.05, 3.63) is 200 Å². The molecule has 0 saturated heterocycles. The molecule has 13 heterocycles. The summed E-state index contributed by atoms with van der Waals surface area (Å²) in [6.07, 6.45) is 20.0. The van der Waals surface area contributed by atoms with E-state index in [1.807, 2.05) is 235 Å². The number of nitrogens with one attached hydrogen (secondary N) is 3. The van der Waals surface area contributed by atoms with Gasteiger partial charge < -0.3 is 8.83 Å². The van der Waals surface area contributed by atoms with Gasteiger partial charge in [-0.1, -0.05) is 114 Å². The molecule has 0 aromatic carbocycles. The van der Waals surface area contributed by atoms with Gasteiger partial charge in [-0.05, 0) is 143 Å². The quantitative estimate of drug-likeness (QED) is 0.127. The van der Waals surface area contributed by atoms with E-state index in [4.69, 9.17) is 8.83 Å². The van der Waals surface area contributed by atoms with Gasteiger partial charge in [0.2, 0.25) is 0 Å². The molecule has 558 valence electrons. The van der Waals surface area contributed by atoms with Crippen LogP contribution in [0.1, 0.15) is 181 Å². The number of oxazole rings is 2. The molecule has 0 fully saturated rings. The normalized spacial score (nSPS) is 8.25. The van der Waals surface area contributed by atoms with E-state index < -0.39 is 0 Å². The first-order valence-corrected chi connectivity index (χ1v) is 34.5. The largest absolute Gasteiger partial charge is 0.449 e. The maximum atomic E-state index is 4.85. The molecule has 0 amide bonds. The van der Waals surface area contributed by atoms with E-state index in [1.165, 1.54) is 37.7 Å². The molecule has 13 aromatic heterocycles. The summed E-state index contributed by atoms with van der Waals surface area (Å²) in [5.74, 6) is 3.35. The van der Waals surface area contributed by atoms with Crippen molar-refractivity contribution < 1.29 is 8.83 Å². The average Bonchev–Trinajstić information content (AvgIpc) is 2.71. The van der Waals surface area contributed by atoms with E-state index in [-0.39, 0.29) is 0 Å². The van der Waals surface area contributed by atoms with Crippen LogP contribution in [0.15, 0.2) is 125 Å². The van der Waals surface area contributed by atoms with Crippen LogP contribution in [0.25, 0.3) is 0 Å². The molecule has 0 aliphatic rings. The second kappa shape index (κ2) is 76.2. The van der Waals surface area contributed by atoms with E-state index in [1.54, 1.807) is 116 Å². The zero-order chi connectivity index (χ0) is 77.9. The summed E-state index contributed by atoms with van der Waals surface area (Å²) in [6.45, 7) is 57.1. The van der Waals surface area contributed by atoms with Crippen LogP contribution in [0.4, 0.5) is 0 Å². The number of tetrazole rings is 2. The number of hydrogen-bond donors (Lipinski definition) is 3. The second-order valence-electron chi connectivity index (χ2n) is 17.1. The van der Waals surface area contributed by atoms with Crippen LogP contribution in [-0.4, -0.2) is 147 Å². The molecule has 0 spiro atoms. The lowest BCUT2D eigenvalue weighted by atomic mass is 10.3. The number of pyridine rings is 2. The third kappa shape index (κ3) is 66.4. The second-order valence-corrected chi connectivity index (χ2v) is 19.2. The van der Waals surface area contributed by atoms with Crippen LogP contribution in [-0.2, 0) is 28.2 Å². The van der Waals surface area contributed by atoms with Gasteiger partial charge in [-0.25, -0.2) is 24.6 Å². The number of H-pyrrole nitrogens is 3. The fourth-order valence-electron chi connectivity index (χ4n) is 4.32. The summed E-state index contributed by atoms with van der Waals surface area (Å²) in [5, 5.41) is 65.2. The number of aromatic amines is 3. The lowest BCUT2D eigenvalue weighted by molar-refractivity contribution is 0.525. The molecule has 13 aromatic rings. The third-order valence-electron chi connectivity index (χ3n) is 9.69. The average molecular weight is 1430 g/mol. The standard InChI is InChI=1S/2C6H7N.2C5H7NO.2C5H7NS.2C3H6N4.5C3H5N3.7C2H6/c1-6-3-2-4-7-5-6;1-6-4-2-3-5-7-6;4*1-4-5(2)7-3-6-4;1-3-4-5-6-7(3)2;1-3-4-6-7(2)5-3;1-6-3-2-4-5-6;1-6-4-2-3-5-6;3*1-3-2-4-6-5-3;7*1-2/h2*2-5H,1H3;4*3H,1-2H3;2*1-2H3;2*2-3H,1H3;3*2H,1H3,(H,4,5,6);7*1-2H3. The minimum atomic E-state index is 0.711. The molecule has 0 bridgehead atoms. The van der Waals surface area contributed by atoms with Crippen molar-refractivity contribution in [2.24, 2.45) is 28.2 Å². The summed E-state index contributed by atoms with van der Waals surface area (Å²) in [4.78, 5) is 29.2. The van der Waals surface area contributed by atoms with Crippen molar-refractivity contribution in [1.29, 1.82) is 0 Å². The Morgan fingerprint density at radius 1 is 0.410 bits per heavy atom. The maximum absolute atomic E-state index is 4.85. The van der Waals surface area contributed by atoms with Crippen molar-refractivity contribution in [3.63, 3.8) is 0 Å². The van der Waals surface area contributed by atoms with Gasteiger partial charge in [0, 0.05) is 61.4 Å². The van der Waals surface area contributed by atoms with E-state index in [0.717, 1.165) is 62.9 Å². The highest BCUT2D eigenvalue weighted by atomic mass is 32.1. The van der Waals surface area contributed by atoms with Gasteiger partial charge in [0.25, 0.3) is 0 Å². The molecule has 0 aliphatic carbocycles. The number of aromatic nitrogens is 29. The molecule has 31 nitrogen and oxygen atoms in total. The van der Waals surface area contributed by atoms with Crippen LogP contribution >= 0.6 is 22.7 Å². The predicted molar refractivity (Wildman–Crippen MR) is 405 cm³/mol. The third-order valence-corrected chi connectivity index (χ3v) is 11.4. The summed E-state index contributed by atoms with van der Waals surface area (Å²) in [6, 6.07) is 9.80. The number of rotatable bonds is 0. The molecule has 0 atom stereocenters. The fourth-order valence-corrected chi connectivity index (χ4v) is 5.50. The highest BCUT2D eigenvalue weighted by Gasteiger charge is 1.93. The van der Waals surface area contributed by atoms with Gasteiger partial charge in [0.05, 0.1) is 95.1 Å². The summed E-state index contributed by atoms with van der Waals surface area (Å²) in [5.41, 5.74) is 13.1. The van der Waals surface area contributed by atoms with Crippen molar-refractivity contribution in [3.8, 4) is 0 Å². The summed E-state index contributed by atoms with van der Waals surface area (Å²) >= 11 is 3.39. The predicted octanol–water partition coefficient (Wildman–Crippen LogP) is 15.1. The Kier molecular flexibility index (Phi) is 78.7. The van der Waals surface area contributed by atoms with Gasteiger partial charge in [0.15, 0.2) is 18.6 Å². The molecule has 33 heteroatoms. The highest BCUT2D eigenvalue weighted by Crippen LogP contribution is 2.09. The van der Waals surface area contributed by atoms with Gasteiger partial charge >= 0.3 is 0 Å². The van der Waals surface area contributed by atoms with Gasteiger partial charge in [0.1, 0.15) is 17.3 Å². The van der Waals surface area contributed by atoms with Gasteiger partial charge in [-0.3, -0.25) is 14.6 Å². The lowest BCUT2D eigenvalue weighted by Gasteiger charge is -1.82. The number of hydrogen-bond acceptors (Lipinski definition) is 26. The first-order valence-electron chi connectivity index (χ1n) is 32.8. The first-order chi connectivity index (χ1) is 48.1. The Hall–Kier alpha value is -10.2. The van der Waals surface area contributed by atoms with E-state index in [2.05, 4.69) is 141 Å². The van der Waals surface area contributed by atoms with E-state index in [9.17, 15) is 0 Å². The Bertz CT molecular complexity index is 2960. The van der Waals surface area contributed by atoms with Crippen LogP contribution in [0.3, 0.4) is 0 Å². The van der Waals surface area contributed by atoms with Crippen molar-refractivity contribution >= 4 is 22.7 Å². The van der Waals surface area contributed by atoms with Crippen LogP contribution in [0.5, 0.6) is 0 Å². The zero-order valence-corrected chi connectivity index (χ0v) is 67.9. The number of aryl methyl sites for hydroxylation is 19. The monoisotopic (exact) mass is 1430 g/mol. The molecule has 0 aliphatic heterocycles. The molecular weight excluding hydrogens is 1310 g/mol. The fraction of sp³-hybridized carbons (Fsp3) is 0.493. The summed E-state index contributed by atoms with van der Waals surface area (Å²) < 4.78 is 13.0. The molecular formula is C67H121N29O2S2. The van der Waals surface area contributed by atoms with Crippen LogP contribution in [0.2, 0.25) is 0 Å². The maximum Gasteiger partial charge on any atom is 0.181 e. The Morgan fingerprint density at radius 2 is 0.860 bits per heavy atom. The topological polar surface area (TPSA) is 377 Å². The molecule has 0 radical (unpaired) electrons. The molecule has 0 saturated carbocycles. The Labute approximate surface area is 604 Å². The molecule has 0 unspecified atom stereocenters. The molecule has 13 rings (SSSR count). The number of nitrogens with zero attached hydrogens (tertiary/aromatic N) is 26. The Balaban J connectivity index is -0.000000185. The lowest BCUT2D eigenvalue weighted by Crippen LogP contribution is -1.92. The van der Waals surface area contributed by atoms with Gasteiger partial charge in [-0.15, -0.1) is 43.1 Å². The highest BCUT2D eigenvalue weighted by molar-refractivity contribution is 7.09. The molecule has 100 heavy (non-hydrogen) atoms. The van der Waals surface area contributed by atoms with Gasteiger partial charge in [-0.2, -0.15) is 66.0 Å². The van der Waals surface area contributed by atoms with Crippen LogP contribution in [0, 0.1) is 104 Å².